The molecule has 1 saturated heterocycles. The molecule has 18 heavy (non-hydrogen) atoms. The van der Waals surface area contributed by atoms with E-state index in [-0.39, 0.29) is 0 Å². The van der Waals surface area contributed by atoms with Crippen LogP contribution < -0.4 is 5.32 Å². The minimum atomic E-state index is 0.785. The zero-order valence-electron chi connectivity index (χ0n) is 12.4. The highest BCUT2D eigenvalue weighted by molar-refractivity contribution is 7.98. The largest absolute Gasteiger partial charge is 0.314 e. The number of likely N-dealkylation sites (tertiary alicyclic amines) is 1. The molecule has 0 radical (unpaired) electrons. The molecule has 0 aromatic rings. The fourth-order valence-electron chi connectivity index (χ4n) is 2.71. The van der Waals surface area contributed by atoms with Crippen LogP contribution in [0.3, 0.4) is 0 Å². The van der Waals surface area contributed by atoms with Crippen molar-refractivity contribution in [2.24, 2.45) is 0 Å². The number of hydrogen-bond donors (Lipinski definition) is 1. The van der Waals surface area contributed by atoms with Crippen molar-refractivity contribution in [1.29, 1.82) is 0 Å². The van der Waals surface area contributed by atoms with Crippen LogP contribution in [0.1, 0.15) is 51.9 Å². The van der Waals surface area contributed by atoms with E-state index in [2.05, 4.69) is 23.4 Å². The van der Waals surface area contributed by atoms with Gasteiger partial charge in [-0.2, -0.15) is 11.8 Å². The average Bonchev–Trinajstić information content (AvgIpc) is 2.63. The van der Waals surface area contributed by atoms with E-state index in [1.807, 2.05) is 11.8 Å². The van der Waals surface area contributed by atoms with Gasteiger partial charge in [-0.1, -0.05) is 19.8 Å². The third-order valence-corrected chi connectivity index (χ3v) is 4.67. The zero-order valence-corrected chi connectivity index (χ0v) is 13.2. The molecule has 0 spiro atoms. The summed E-state index contributed by atoms with van der Waals surface area (Å²) in [6.07, 6.45) is 11.9. The van der Waals surface area contributed by atoms with Gasteiger partial charge in [-0.3, -0.25) is 0 Å². The summed E-state index contributed by atoms with van der Waals surface area (Å²) in [6, 6.07) is 0.785. The lowest BCUT2D eigenvalue weighted by molar-refractivity contribution is 0.297. The molecular formula is C15H32N2S. The van der Waals surface area contributed by atoms with E-state index in [1.165, 1.54) is 76.9 Å². The molecule has 0 aliphatic carbocycles. The Hall–Kier alpha value is 0.270. The van der Waals surface area contributed by atoms with Crippen LogP contribution in [0.4, 0.5) is 0 Å². The van der Waals surface area contributed by atoms with Crippen LogP contribution in [0.15, 0.2) is 0 Å². The highest BCUT2D eigenvalue weighted by Gasteiger charge is 2.14. The molecular weight excluding hydrogens is 240 g/mol. The Morgan fingerprint density at radius 3 is 2.72 bits per heavy atom. The van der Waals surface area contributed by atoms with E-state index in [0.717, 1.165) is 6.04 Å². The first-order valence-corrected chi connectivity index (χ1v) is 9.21. The maximum Gasteiger partial charge on any atom is 0.00797 e. The first-order chi connectivity index (χ1) is 8.86. The third-order valence-electron chi connectivity index (χ3n) is 3.98. The van der Waals surface area contributed by atoms with Gasteiger partial charge in [0.2, 0.25) is 0 Å². The summed E-state index contributed by atoms with van der Waals surface area (Å²) >= 11 is 1.97. The molecule has 1 heterocycles. The van der Waals surface area contributed by atoms with Gasteiger partial charge < -0.3 is 10.2 Å². The van der Waals surface area contributed by atoms with Crippen molar-refractivity contribution < 1.29 is 0 Å². The van der Waals surface area contributed by atoms with Crippen LogP contribution >= 0.6 is 11.8 Å². The van der Waals surface area contributed by atoms with Crippen molar-refractivity contribution in [2.75, 3.05) is 38.2 Å². The van der Waals surface area contributed by atoms with Crippen molar-refractivity contribution in [3.8, 4) is 0 Å². The van der Waals surface area contributed by atoms with E-state index >= 15 is 0 Å². The Labute approximate surface area is 118 Å². The monoisotopic (exact) mass is 272 g/mol. The van der Waals surface area contributed by atoms with E-state index in [4.69, 9.17) is 0 Å². The second kappa shape index (κ2) is 11.1. The van der Waals surface area contributed by atoms with Crippen molar-refractivity contribution in [3.63, 3.8) is 0 Å². The first-order valence-electron chi connectivity index (χ1n) is 7.81. The molecule has 1 rings (SSSR count). The second-order valence-electron chi connectivity index (χ2n) is 5.42. The second-order valence-corrected chi connectivity index (χ2v) is 6.41. The molecule has 1 N–H and O–H groups in total. The van der Waals surface area contributed by atoms with Crippen LogP contribution in [-0.4, -0.2) is 49.1 Å². The van der Waals surface area contributed by atoms with Gasteiger partial charge in [0.15, 0.2) is 0 Å². The SMILES string of the molecule is CCN1CCCC(NCCCCCCSC)CC1. The van der Waals surface area contributed by atoms with E-state index in [1.54, 1.807) is 0 Å². The highest BCUT2D eigenvalue weighted by Crippen LogP contribution is 2.11. The molecule has 0 amide bonds. The number of nitrogens with one attached hydrogen (secondary N) is 1. The van der Waals surface area contributed by atoms with Gasteiger partial charge in [0.25, 0.3) is 0 Å². The standard InChI is InChI=1S/C15H32N2S/c1-3-17-12-8-9-15(10-13-17)16-11-6-4-5-7-14-18-2/h15-16H,3-14H2,1-2H3. The molecule has 0 aromatic carbocycles. The molecule has 0 bridgehead atoms. The average molecular weight is 273 g/mol. The zero-order chi connectivity index (χ0) is 13.1. The number of thioether (sulfide) groups is 1. The van der Waals surface area contributed by atoms with Crippen LogP contribution in [0.5, 0.6) is 0 Å². The van der Waals surface area contributed by atoms with E-state index in [9.17, 15) is 0 Å². The van der Waals surface area contributed by atoms with Crippen molar-refractivity contribution in [3.05, 3.63) is 0 Å². The van der Waals surface area contributed by atoms with Gasteiger partial charge in [-0.05, 0) is 70.3 Å². The molecule has 108 valence electrons. The summed E-state index contributed by atoms with van der Waals surface area (Å²) < 4.78 is 0. The molecule has 1 aliphatic heterocycles. The summed E-state index contributed by atoms with van der Waals surface area (Å²) in [6.45, 7) is 7.34. The van der Waals surface area contributed by atoms with Gasteiger partial charge >= 0.3 is 0 Å². The Balaban J connectivity index is 1.95. The fraction of sp³-hybridized carbons (Fsp3) is 1.00. The predicted octanol–water partition coefficient (Wildman–Crippen LogP) is 3.37. The maximum absolute atomic E-state index is 3.77. The van der Waals surface area contributed by atoms with Gasteiger partial charge in [0, 0.05) is 6.04 Å². The van der Waals surface area contributed by atoms with Crippen LogP contribution in [0, 0.1) is 0 Å². The quantitative estimate of drug-likeness (QED) is 0.648. The van der Waals surface area contributed by atoms with Gasteiger partial charge in [-0.15, -0.1) is 0 Å². The summed E-state index contributed by atoms with van der Waals surface area (Å²) in [5.41, 5.74) is 0. The Kier molecular flexibility index (Phi) is 10.1. The van der Waals surface area contributed by atoms with Gasteiger partial charge in [0.05, 0.1) is 0 Å². The molecule has 0 saturated carbocycles. The summed E-state index contributed by atoms with van der Waals surface area (Å²) in [7, 11) is 0. The minimum Gasteiger partial charge on any atom is -0.314 e. The molecule has 0 aromatic heterocycles. The van der Waals surface area contributed by atoms with E-state index < -0.39 is 0 Å². The molecule has 1 atom stereocenters. The Morgan fingerprint density at radius 1 is 1.11 bits per heavy atom. The summed E-state index contributed by atoms with van der Waals surface area (Å²) in [5, 5.41) is 3.77. The molecule has 1 unspecified atom stereocenters. The Morgan fingerprint density at radius 2 is 1.94 bits per heavy atom. The van der Waals surface area contributed by atoms with Crippen molar-refractivity contribution >= 4 is 11.8 Å². The molecule has 3 heteroatoms. The lowest BCUT2D eigenvalue weighted by Gasteiger charge is -2.18. The van der Waals surface area contributed by atoms with Crippen LogP contribution in [0.2, 0.25) is 0 Å². The highest BCUT2D eigenvalue weighted by atomic mass is 32.2. The summed E-state index contributed by atoms with van der Waals surface area (Å²) in [5.74, 6) is 1.34. The lowest BCUT2D eigenvalue weighted by Crippen LogP contribution is -2.31. The first kappa shape index (κ1) is 16.3. The number of hydrogen-bond acceptors (Lipinski definition) is 3. The fourth-order valence-corrected chi connectivity index (χ4v) is 3.20. The molecule has 1 fully saturated rings. The van der Waals surface area contributed by atoms with Crippen LogP contribution in [-0.2, 0) is 0 Å². The predicted molar refractivity (Wildman–Crippen MR) is 84.6 cm³/mol. The maximum atomic E-state index is 3.77. The number of nitrogens with zero attached hydrogens (tertiary/aromatic N) is 1. The van der Waals surface area contributed by atoms with Crippen LogP contribution in [0.25, 0.3) is 0 Å². The number of unbranched alkanes of at least 4 members (excludes halogenated alkanes) is 3. The molecule has 1 aliphatic rings. The topological polar surface area (TPSA) is 15.3 Å². The normalized spacial score (nSPS) is 22.0. The van der Waals surface area contributed by atoms with Crippen molar-refractivity contribution in [1.82, 2.24) is 10.2 Å². The smallest absolute Gasteiger partial charge is 0.00797 e. The third kappa shape index (κ3) is 7.65. The van der Waals surface area contributed by atoms with Crippen molar-refractivity contribution in [2.45, 2.75) is 57.9 Å². The Bertz CT molecular complexity index is 187. The van der Waals surface area contributed by atoms with E-state index in [0.29, 0.717) is 0 Å². The minimum absolute atomic E-state index is 0.785. The number of rotatable bonds is 9. The van der Waals surface area contributed by atoms with Gasteiger partial charge in [0.1, 0.15) is 0 Å². The van der Waals surface area contributed by atoms with Gasteiger partial charge in [-0.25, -0.2) is 0 Å². The lowest BCUT2D eigenvalue weighted by atomic mass is 10.1. The molecule has 2 nitrogen and oxygen atoms in total. The summed E-state index contributed by atoms with van der Waals surface area (Å²) in [4.78, 5) is 2.59.